The predicted octanol–water partition coefficient (Wildman–Crippen LogP) is 3.01. The second-order valence-electron chi connectivity index (χ2n) is 4.64. The van der Waals surface area contributed by atoms with Crippen LogP contribution in [0.4, 0.5) is 0 Å². The highest BCUT2D eigenvalue weighted by atomic mass is 16.6. The molecule has 0 aromatic heterocycles. The number of esters is 1. The summed E-state index contributed by atoms with van der Waals surface area (Å²) >= 11 is 0. The molecule has 0 bridgehead atoms. The van der Waals surface area contributed by atoms with Gasteiger partial charge in [-0.3, -0.25) is 0 Å². The summed E-state index contributed by atoms with van der Waals surface area (Å²) in [6, 6.07) is 7.86. The molecule has 100 valence electrons. The molecular formula is C16H18O3. The Kier molecular flexibility index (Phi) is 4.17. The first-order valence-corrected chi connectivity index (χ1v) is 6.48. The van der Waals surface area contributed by atoms with Crippen LogP contribution < -0.4 is 0 Å². The number of fused-ring (bicyclic) bond motifs is 1. The van der Waals surface area contributed by atoms with Crippen LogP contribution in [0.5, 0.6) is 0 Å². The van der Waals surface area contributed by atoms with E-state index in [9.17, 15) is 9.90 Å². The maximum atomic E-state index is 11.9. The van der Waals surface area contributed by atoms with E-state index < -0.39 is 12.3 Å². The Balaban J connectivity index is 2.06. The van der Waals surface area contributed by atoms with Crippen molar-refractivity contribution in [3.05, 3.63) is 53.6 Å². The number of carbonyl (C=O) groups is 1. The lowest BCUT2D eigenvalue weighted by atomic mass is 9.94. The summed E-state index contributed by atoms with van der Waals surface area (Å²) in [5.74, 6) is -0.690. The second kappa shape index (κ2) is 5.85. The van der Waals surface area contributed by atoms with Crippen LogP contribution in [0, 0.1) is 0 Å². The number of aliphatic hydroxyl groups is 1. The first kappa shape index (κ1) is 13.6. The maximum absolute atomic E-state index is 11.9. The fraction of sp³-hybridized carbons (Fsp3) is 0.312. The summed E-state index contributed by atoms with van der Waals surface area (Å²) in [4.78, 5) is 11.9. The summed E-state index contributed by atoms with van der Waals surface area (Å²) < 4.78 is 4.96. The summed E-state index contributed by atoms with van der Waals surface area (Å²) in [7, 11) is 0. The molecule has 0 radical (unpaired) electrons. The van der Waals surface area contributed by atoms with Gasteiger partial charge in [-0.1, -0.05) is 56.3 Å². The largest absolute Gasteiger partial charge is 0.433 e. The minimum absolute atomic E-state index is 0.155. The summed E-state index contributed by atoms with van der Waals surface area (Å²) in [6.45, 7) is 5.73. The van der Waals surface area contributed by atoms with Gasteiger partial charge in [-0.15, -0.1) is 0 Å². The average Bonchev–Trinajstić information content (AvgIpc) is 2.81. The molecule has 2 rings (SSSR count). The third kappa shape index (κ3) is 2.93. The molecule has 1 N–H and O–H groups in total. The number of hydrogen-bond acceptors (Lipinski definition) is 3. The number of hydrogen-bond donors (Lipinski definition) is 1. The number of ether oxygens (including phenoxy) is 1. The van der Waals surface area contributed by atoms with Gasteiger partial charge in [0.05, 0.1) is 0 Å². The molecule has 2 atom stereocenters. The lowest BCUT2D eigenvalue weighted by Gasteiger charge is -2.16. The van der Waals surface area contributed by atoms with E-state index in [0.717, 1.165) is 17.5 Å². The first-order valence-electron chi connectivity index (χ1n) is 6.48. The van der Waals surface area contributed by atoms with Crippen LogP contribution in [0.25, 0.3) is 6.08 Å². The molecule has 0 saturated heterocycles. The van der Waals surface area contributed by atoms with Gasteiger partial charge in [0.2, 0.25) is 6.29 Å². The van der Waals surface area contributed by atoms with E-state index in [1.165, 1.54) is 0 Å². The van der Waals surface area contributed by atoms with Crippen molar-refractivity contribution in [2.45, 2.75) is 32.0 Å². The second-order valence-corrected chi connectivity index (χ2v) is 4.64. The van der Waals surface area contributed by atoms with E-state index in [2.05, 4.69) is 6.58 Å². The van der Waals surface area contributed by atoms with Crippen molar-refractivity contribution in [3.8, 4) is 0 Å². The molecule has 0 amide bonds. The average molecular weight is 258 g/mol. The molecule has 0 fully saturated rings. The number of carbonyl (C=O) groups excluding carboxylic acids is 1. The Morgan fingerprint density at radius 2 is 2.21 bits per heavy atom. The normalized spacial score (nSPS) is 17.9. The van der Waals surface area contributed by atoms with Crippen LogP contribution in [0.1, 0.15) is 36.8 Å². The molecule has 1 aromatic rings. The van der Waals surface area contributed by atoms with Crippen LogP contribution in [0.2, 0.25) is 0 Å². The molecule has 1 aliphatic carbocycles. The zero-order chi connectivity index (χ0) is 13.8. The monoisotopic (exact) mass is 258 g/mol. The molecule has 2 unspecified atom stereocenters. The Morgan fingerprint density at radius 3 is 2.95 bits per heavy atom. The van der Waals surface area contributed by atoms with Crippen molar-refractivity contribution in [1.82, 2.24) is 0 Å². The Labute approximate surface area is 113 Å². The number of allylic oxidation sites excluding steroid dienone is 1. The molecule has 0 saturated carbocycles. The summed E-state index contributed by atoms with van der Waals surface area (Å²) in [6.07, 6.45) is 4.06. The number of rotatable bonds is 5. The van der Waals surface area contributed by atoms with Gasteiger partial charge in [-0.05, 0) is 11.1 Å². The van der Waals surface area contributed by atoms with E-state index in [1.54, 1.807) is 0 Å². The third-order valence-corrected chi connectivity index (χ3v) is 3.22. The minimum Gasteiger partial charge on any atom is -0.433 e. The quantitative estimate of drug-likeness (QED) is 0.501. The third-order valence-electron chi connectivity index (χ3n) is 3.22. The lowest BCUT2D eigenvalue weighted by molar-refractivity contribution is -0.163. The smallest absolute Gasteiger partial charge is 0.336 e. The number of benzene rings is 1. The minimum atomic E-state index is -1.05. The van der Waals surface area contributed by atoms with Gasteiger partial charge in [0.1, 0.15) is 0 Å². The highest BCUT2D eigenvalue weighted by molar-refractivity contribution is 5.91. The van der Waals surface area contributed by atoms with Crippen molar-refractivity contribution in [2.24, 2.45) is 0 Å². The van der Waals surface area contributed by atoms with Gasteiger partial charge in [0, 0.05) is 17.9 Å². The van der Waals surface area contributed by atoms with Gasteiger partial charge < -0.3 is 9.84 Å². The SMILES string of the molecule is C=C(C(=O)OC(O)CCC)C1C=Cc2ccccc21. The highest BCUT2D eigenvalue weighted by Crippen LogP contribution is 2.35. The summed E-state index contributed by atoms with van der Waals surface area (Å²) in [5, 5.41) is 9.50. The van der Waals surface area contributed by atoms with Gasteiger partial charge in [-0.2, -0.15) is 0 Å². The topological polar surface area (TPSA) is 46.5 Å². The molecule has 1 aliphatic rings. The van der Waals surface area contributed by atoms with Gasteiger partial charge in [0.25, 0.3) is 0 Å². The van der Waals surface area contributed by atoms with Crippen LogP contribution in [0.3, 0.4) is 0 Å². The maximum Gasteiger partial charge on any atom is 0.336 e. The lowest BCUT2D eigenvalue weighted by Crippen LogP contribution is -2.20. The van der Waals surface area contributed by atoms with Crippen LogP contribution in [-0.4, -0.2) is 17.4 Å². The molecule has 3 heteroatoms. The van der Waals surface area contributed by atoms with Crippen molar-refractivity contribution in [2.75, 3.05) is 0 Å². The molecular weight excluding hydrogens is 240 g/mol. The molecule has 0 aliphatic heterocycles. The molecule has 19 heavy (non-hydrogen) atoms. The zero-order valence-corrected chi connectivity index (χ0v) is 11.0. The van der Waals surface area contributed by atoms with Gasteiger partial charge in [0.15, 0.2) is 0 Å². The standard InChI is InChI=1S/C16H18O3/c1-3-6-15(17)19-16(18)11(2)13-10-9-12-7-4-5-8-14(12)13/h4-5,7-10,13,15,17H,2-3,6H2,1H3. The van der Waals surface area contributed by atoms with Crippen molar-refractivity contribution >= 4 is 12.0 Å². The van der Waals surface area contributed by atoms with Crippen LogP contribution in [0.15, 0.2) is 42.5 Å². The van der Waals surface area contributed by atoms with Crippen molar-refractivity contribution in [3.63, 3.8) is 0 Å². The zero-order valence-electron chi connectivity index (χ0n) is 11.0. The predicted molar refractivity (Wildman–Crippen MR) is 74.4 cm³/mol. The molecule has 0 spiro atoms. The molecule has 3 nitrogen and oxygen atoms in total. The Bertz CT molecular complexity index is 516. The molecule has 0 heterocycles. The summed E-state index contributed by atoms with van der Waals surface area (Å²) in [5.41, 5.74) is 2.50. The van der Waals surface area contributed by atoms with Crippen LogP contribution in [-0.2, 0) is 9.53 Å². The fourth-order valence-electron chi connectivity index (χ4n) is 2.19. The Morgan fingerprint density at radius 1 is 1.47 bits per heavy atom. The fourth-order valence-corrected chi connectivity index (χ4v) is 2.19. The van der Waals surface area contributed by atoms with Crippen molar-refractivity contribution < 1.29 is 14.6 Å². The first-order chi connectivity index (χ1) is 9.13. The van der Waals surface area contributed by atoms with Gasteiger partial charge >= 0.3 is 5.97 Å². The van der Waals surface area contributed by atoms with E-state index in [4.69, 9.17) is 4.74 Å². The highest BCUT2D eigenvalue weighted by Gasteiger charge is 2.25. The Hall–Kier alpha value is -1.87. The van der Waals surface area contributed by atoms with E-state index >= 15 is 0 Å². The van der Waals surface area contributed by atoms with Gasteiger partial charge in [-0.25, -0.2) is 4.79 Å². The van der Waals surface area contributed by atoms with E-state index in [0.29, 0.717) is 12.0 Å². The molecule has 1 aromatic carbocycles. The van der Waals surface area contributed by atoms with E-state index in [1.807, 2.05) is 43.3 Å². The van der Waals surface area contributed by atoms with Crippen LogP contribution >= 0.6 is 0 Å². The number of aliphatic hydroxyl groups excluding tert-OH is 1. The van der Waals surface area contributed by atoms with E-state index in [-0.39, 0.29) is 5.92 Å². The van der Waals surface area contributed by atoms with Crippen molar-refractivity contribution in [1.29, 1.82) is 0 Å².